The number of anilines is 2. The number of carbonyl (C=O) groups is 3. The van der Waals surface area contributed by atoms with Crippen molar-refractivity contribution in [1.82, 2.24) is 0 Å². The highest BCUT2D eigenvalue weighted by molar-refractivity contribution is 9.10. The molecule has 2 aromatic carbocycles. The molecule has 2 rings (SSSR count). The molecule has 0 aliphatic heterocycles. The Labute approximate surface area is 170 Å². The number of benzene rings is 2. The van der Waals surface area contributed by atoms with Gasteiger partial charge in [-0.1, -0.05) is 29.8 Å². The van der Waals surface area contributed by atoms with Crippen LogP contribution in [0.1, 0.15) is 18.4 Å². The molecule has 0 unspecified atom stereocenters. The van der Waals surface area contributed by atoms with Crippen LogP contribution in [0.2, 0.25) is 5.02 Å². The molecule has 2 amide bonds. The summed E-state index contributed by atoms with van der Waals surface area (Å²) < 4.78 is 5.62. The van der Waals surface area contributed by atoms with Crippen molar-refractivity contribution in [2.24, 2.45) is 0 Å². The smallest absolute Gasteiger partial charge is 0.306 e. The quantitative estimate of drug-likeness (QED) is 0.612. The fourth-order valence-corrected chi connectivity index (χ4v) is 2.77. The number of halogens is 2. The summed E-state index contributed by atoms with van der Waals surface area (Å²) in [5.41, 5.74) is 1.99. The summed E-state index contributed by atoms with van der Waals surface area (Å²) in [6.45, 7) is 1.38. The average Bonchev–Trinajstić information content (AvgIpc) is 2.63. The third-order valence-electron chi connectivity index (χ3n) is 3.52. The number of para-hydroxylation sites is 1. The van der Waals surface area contributed by atoms with Gasteiger partial charge in [-0.05, 0) is 52.7 Å². The van der Waals surface area contributed by atoms with Crippen molar-refractivity contribution in [2.45, 2.75) is 19.8 Å². The lowest BCUT2D eigenvalue weighted by molar-refractivity contribution is -0.147. The second-order valence-corrected chi connectivity index (χ2v) is 6.97. The number of ether oxygens (including phenoxy) is 1. The van der Waals surface area contributed by atoms with E-state index in [9.17, 15) is 14.4 Å². The van der Waals surface area contributed by atoms with Gasteiger partial charge in [-0.2, -0.15) is 0 Å². The molecule has 0 spiro atoms. The first-order valence-electron chi connectivity index (χ1n) is 8.11. The van der Waals surface area contributed by atoms with Gasteiger partial charge in [0.1, 0.15) is 0 Å². The molecule has 0 bridgehead atoms. The summed E-state index contributed by atoms with van der Waals surface area (Å²) in [5, 5.41) is 5.75. The maximum absolute atomic E-state index is 11.9. The monoisotopic (exact) mass is 452 g/mol. The zero-order valence-corrected chi connectivity index (χ0v) is 16.9. The van der Waals surface area contributed by atoms with Gasteiger partial charge in [0, 0.05) is 22.3 Å². The number of aryl methyl sites for hydroxylation is 1. The molecule has 142 valence electrons. The first-order chi connectivity index (χ1) is 12.8. The summed E-state index contributed by atoms with van der Waals surface area (Å²) in [7, 11) is 0. The zero-order valence-electron chi connectivity index (χ0n) is 14.6. The minimum atomic E-state index is -0.626. The van der Waals surface area contributed by atoms with Gasteiger partial charge in [0.2, 0.25) is 5.91 Å². The second kappa shape index (κ2) is 10.1. The van der Waals surface area contributed by atoms with E-state index in [4.69, 9.17) is 16.3 Å². The van der Waals surface area contributed by atoms with Crippen LogP contribution in [0.3, 0.4) is 0 Å². The number of amides is 2. The normalized spacial score (nSPS) is 10.2. The molecule has 0 aromatic heterocycles. The van der Waals surface area contributed by atoms with Crippen molar-refractivity contribution in [3.05, 3.63) is 57.5 Å². The number of nitrogens with one attached hydrogen (secondary N) is 2. The van der Waals surface area contributed by atoms with Crippen LogP contribution in [-0.2, 0) is 19.1 Å². The van der Waals surface area contributed by atoms with E-state index < -0.39 is 18.5 Å². The lowest BCUT2D eigenvalue weighted by Gasteiger charge is -2.10. The first kappa shape index (κ1) is 20.9. The van der Waals surface area contributed by atoms with Crippen molar-refractivity contribution in [2.75, 3.05) is 17.2 Å². The summed E-state index contributed by atoms with van der Waals surface area (Å²) >= 11 is 9.30. The fraction of sp³-hybridized carbons (Fsp3) is 0.211. The fourth-order valence-electron chi connectivity index (χ4n) is 2.15. The van der Waals surface area contributed by atoms with Crippen LogP contribution in [0, 0.1) is 6.92 Å². The van der Waals surface area contributed by atoms with E-state index in [0.717, 1.165) is 10.0 Å². The minimum absolute atomic E-state index is 0.0310. The highest BCUT2D eigenvalue weighted by Crippen LogP contribution is 2.28. The van der Waals surface area contributed by atoms with Crippen LogP contribution in [-0.4, -0.2) is 24.4 Å². The van der Waals surface area contributed by atoms with Gasteiger partial charge in [0.25, 0.3) is 5.91 Å². The number of carbonyl (C=O) groups excluding carboxylic acids is 3. The number of esters is 1. The van der Waals surface area contributed by atoms with E-state index in [1.807, 2.05) is 13.0 Å². The summed E-state index contributed by atoms with van der Waals surface area (Å²) in [6, 6.07) is 12.3. The van der Waals surface area contributed by atoms with Crippen LogP contribution in [0.15, 0.2) is 46.9 Å². The van der Waals surface area contributed by atoms with E-state index in [1.165, 1.54) is 0 Å². The lowest BCUT2D eigenvalue weighted by atomic mass is 10.2. The van der Waals surface area contributed by atoms with Crippen LogP contribution in [0.5, 0.6) is 0 Å². The predicted molar refractivity (Wildman–Crippen MR) is 108 cm³/mol. The number of hydrogen-bond donors (Lipinski definition) is 2. The molecule has 0 atom stereocenters. The molecule has 0 aliphatic rings. The highest BCUT2D eigenvalue weighted by atomic mass is 79.9. The molecular weight excluding hydrogens is 436 g/mol. The second-order valence-electron chi connectivity index (χ2n) is 5.70. The molecule has 2 N–H and O–H groups in total. The van der Waals surface area contributed by atoms with Crippen molar-refractivity contribution >= 4 is 56.7 Å². The van der Waals surface area contributed by atoms with Crippen LogP contribution in [0.25, 0.3) is 0 Å². The van der Waals surface area contributed by atoms with Crippen LogP contribution in [0.4, 0.5) is 11.4 Å². The first-order valence-corrected chi connectivity index (χ1v) is 9.28. The standard InChI is InChI=1S/C19H18BrClN2O4/c1-12-9-14(20)15(21)10-16(12)23-18(25)11-27-19(26)8-7-17(24)22-13-5-3-2-4-6-13/h2-6,9-10H,7-8,11H2,1H3,(H,22,24)(H,23,25). The predicted octanol–water partition coefficient (Wildman–Crippen LogP) is 4.31. The maximum Gasteiger partial charge on any atom is 0.306 e. The highest BCUT2D eigenvalue weighted by Gasteiger charge is 2.12. The topological polar surface area (TPSA) is 84.5 Å². The Morgan fingerprint density at radius 2 is 1.74 bits per heavy atom. The molecule has 2 aromatic rings. The Morgan fingerprint density at radius 3 is 2.44 bits per heavy atom. The average molecular weight is 454 g/mol. The molecular formula is C19H18BrClN2O4. The molecule has 0 radical (unpaired) electrons. The molecule has 0 heterocycles. The van der Waals surface area contributed by atoms with Crippen LogP contribution >= 0.6 is 27.5 Å². The zero-order chi connectivity index (χ0) is 19.8. The Balaban J connectivity index is 1.72. The summed E-state index contributed by atoms with van der Waals surface area (Å²) in [4.78, 5) is 35.4. The molecule has 0 saturated heterocycles. The largest absolute Gasteiger partial charge is 0.456 e. The Kier molecular flexibility index (Phi) is 7.82. The third-order valence-corrected chi connectivity index (χ3v) is 4.72. The van der Waals surface area contributed by atoms with E-state index in [2.05, 4.69) is 26.6 Å². The Morgan fingerprint density at radius 1 is 1.04 bits per heavy atom. The van der Waals surface area contributed by atoms with E-state index >= 15 is 0 Å². The van der Waals surface area contributed by atoms with Gasteiger partial charge in [0.15, 0.2) is 6.61 Å². The Bertz CT molecular complexity index is 843. The van der Waals surface area contributed by atoms with Gasteiger partial charge in [-0.25, -0.2) is 0 Å². The van der Waals surface area contributed by atoms with Crippen molar-refractivity contribution in [3.8, 4) is 0 Å². The SMILES string of the molecule is Cc1cc(Br)c(Cl)cc1NC(=O)COC(=O)CCC(=O)Nc1ccccc1. The molecule has 0 fully saturated rings. The van der Waals surface area contributed by atoms with E-state index in [1.54, 1.807) is 36.4 Å². The van der Waals surface area contributed by atoms with Gasteiger partial charge in [-0.15, -0.1) is 0 Å². The summed E-state index contributed by atoms with van der Waals surface area (Å²) in [6.07, 6.45) is -0.147. The van der Waals surface area contributed by atoms with Crippen molar-refractivity contribution < 1.29 is 19.1 Å². The lowest BCUT2D eigenvalue weighted by Crippen LogP contribution is -2.22. The maximum atomic E-state index is 11.9. The van der Waals surface area contributed by atoms with E-state index in [-0.39, 0.29) is 18.7 Å². The van der Waals surface area contributed by atoms with Crippen molar-refractivity contribution in [1.29, 1.82) is 0 Å². The molecule has 0 saturated carbocycles. The molecule has 6 nitrogen and oxygen atoms in total. The molecule has 27 heavy (non-hydrogen) atoms. The number of rotatable bonds is 7. The Hall–Kier alpha value is -2.38. The van der Waals surface area contributed by atoms with Gasteiger partial charge in [0.05, 0.1) is 11.4 Å². The van der Waals surface area contributed by atoms with Gasteiger partial charge in [-0.3, -0.25) is 14.4 Å². The van der Waals surface area contributed by atoms with Gasteiger partial charge >= 0.3 is 5.97 Å². The van der Waals surface area contributed by atoms with E-state index in [0.29, 0.717) is 16.4 Å². The van der Waals surface area contributed by atoms with Crippen LogP contribution < -0.4 is 10.6 Å². The summed E-state index contributed by atoms with van der Waals surface area (Å²) in [5.74, 6) is -1.42. The molecule has 8 heteroatoms. The third kappa shape index (κ3) is 7.03. The number of hydrogen-bond acceptors (Lipinski definition) is 4. The minimum Gasteiger partial charge on any atom is -0.456 e. The van der Waals surface area contributed by atoms with Crippen molar-refractivity contribution in [3.63, 3.8) is 0 Å². The van der Waals surface area contributed by atoms with Gasteiger partial charge < -0.3 is 15.4 Å². The molecule has 0 aliphatic carbocycles.